The molecule has 0 aliphatic carbocycles. The number of carbonyl (C=O) groups excluding carboxylic acids is 1. The van der Waals surface area contributed by atoms with E-state index in [2.05, 4.69) is 19.2 Å². The monoisotopic (exact) mass is 237 g/mol. The fourth-order valence-corrected chi connectivity index (χ4v) is 2.97. The van der Waals surface area contributed by atoms with Crippen molar-refractivity contribution in [2.75, 3.05) is 0 Å². The topological polar surface area (TPSA) is 29.1 Å². The van der Waals surface area contributed by atoms with Crippen molar-refractivity contribution in [1.82, 2.24) is 5.32 Å². The molecule has 2 unspecified atom stereocenters. The quantitative estimate of drug-likeness (QED) is 0.842. The van der Waals surface area contributed by atoms with Crippen LogP contribution >= 0.6 is 11.6 Å². The molecule has 0 saturated carbocycles. The third kappa shape index (κ3) is 1.71. The zero-order valence-electron chi connectivity index (χ0n) is 9.59. The zero-order chi connectivity index (χ0) is 11.8. The smallest absolute Gasteiger partial charge is 0.221 e. The molecule has 1 N–H and O–H groups in total. The second-order valence-electron chi connectivity index (χ2n) is 4.60. The fraction of sp³-hybridized carbons (Fsp3) is 0.462. The predicted molar refractivity (Wildman–Crippen MR) is 65.6 cm³/mol. The number of hydrogen-bond acceptors (Lipinski definition) is 1. The summed E-state index contributed by atoms with van der Waals surface area (Å²) < 4.78 is 0. The number of hydrogen-bond donors (Lipinski definition) is 1. The second-order valence-corrected chi connectivity index (χ2v) is 5.01. The van der Waals surface area contributed by atoms with Gasteiger partial charge in [-0.2, -0.15) is 0 Å². The minimum absolute atomic E-state index is 0.120. The molecule has 86 valence electrons. The summed E-state index contributed by atoms with van der Waals surface area (Å²) in [6, 6.07) is 7.98. The van der Waals surface area contributed by atoms with Crippen LogP contribution in [0.15, 0.2) is 24.3 Å². The van der Waals surface area contributed by atoms with E-state index in [1.165, 1.54) is 0 Å². The first-order valence-corrected chi connectivity index (χ1v) is 6.00. The molecule has 3 heteroatoms. The molecule has 1 saturated heterocycles. The molecule has 1 aliphatic heterocycles. The van der Waals surface area contributed by atoms with Gasteiger partial charge >= 0.3 is 0 Å². The van der Waals surface area contributed by atoms with E-state index in [-0.39, 0.29) is 17.4 Å². The zero-order valence-corrected chi connectivity index (χ0v) is 10.3. The molecule has 1 aromatic rings. The molecule has 2 nitrogen and oxygen atoms in total. The summed E-state index contributed by atoms with van der Waals surface area (Å²) in [4.78, 5) is 11.6. The number of amides is 1. The molecule has 2 atom stereocenters. The van der Waals surface area contributed by atoms with Gasteiger partial charge in [0.2, 0.25) is 5.91 Å². The number of benzene rings is 1. The van der Waals surface area contributed by atoms with Crippen molar-refractivity contribution in [2.24, 2.45) is 0 Å². The lowest BCUT2D eigenvalue weighted by Crippen LogP contribution is -2.37. The third-order valence-electron chi connectivity index (χ3n) is 3.53. The first kappa shape index (κ1) is 11.5. The number of rotatable bonds is 2. The summed E-state index contributed by atoms with van der Waals surface area (Å²) in [5, 5.41) is 3.77. The Morgan fingerprint density at radius 3 is 2.81 bits per heavy atom. The molecule has 1 fully saturated rings. The van der Waals surface area contributed by atoms with Crippen LogP contribution in [0.5, 0.6) is 0 Å². The summed E-state index contributed by atoms with van der Waals surface area (Å²) in [7, 11) is 0. The van der Waals surface area contributed by atoms with Crippen molar-refractivity contribution < 1.29 is 4.79 Å². The molecule has 0 spiro atoms. The Morgan fingerprint density at radius 2 is 2.19 bits per heavy atom. The second kappa shape index (κ2) is 4.10. The van der Waals surface area contributed by atoms with Crippen LogP contribution in [0.4, 0.5) is 0 Å². The molecule has 16 heavy (non-hydrogen) atoms. The van der Waals surface area contributed by atoms with Gasteiger partial charge in [0.15, 0.2) is 0 Å². The Hall–Kier alpha value is -1.02. The van der Waals surface area contributed by atoms with Gasteiger partial charge in [0.25, 0.3) is 0 Å². The third-order valence-corrected chi connectivity index (χ3v) is 3.86. The van der Waals surface area contributed by atoms with Gasteiger partial charge in [-0.15, -0.1) is 0 Å². The van der Waals surface area contributed by atoms with Crippen molar-refractivity contribution in [3.63, 3.8) is 0 Å². The van der Waals surface area contributed by atoms with Crippen molar-refractivity contribution in [2.45, 2.75) is 38.1 Å². The Labute approximate surface area is 101 Å². The molecule has 1 aromatic carbocycles. The minimum Gasteiger partial charge on any atom is -0.352 e. The van der Waals surface area contributed by atoms with Crippen LogP contribution in [-0.4, -0.2) is 11.9 Å². The lowest BCUT2D eigenvalue weighted by molar-refractivity contribution is -0.119. The highest BCUT2D eigenvalue weighted by Gasteiger charge is 2.44. The van der Waals surface area contributed by atoms with Crippen LogP contribution in [0.25, 0.3) is 0 Å². The van der Waals surface area contributed by atoms with E-state index in [1.807, 2.05) is 24.3 Å². The number of halogens is 1. The van der Waals surface area contributed by atoms with Crippen molar-refractivity contribution in [3.8, 4) is 0 Å². The van der Waals surface area contributed by atoms with Crippen LogP contribution in [-0.2, 0) is 10.2 Å². The Kier molecular flexibility index (Phi) is 2.94. The first-order valence-electron chi connectivity index (χ1n) is 5.62. The lowest BCUT2D eigenvalue weighted by Gasteiger charge is -2.30. The Bertz CT molecular complexity index is 418. The van der Waals surface area contributed by atoms with Gasteiger partial charge in [0.05, 0.1) is 0 Å². The molecular weight excluding hydrogens is 222 g/mol. The highest BCUT2D eigenvalue weighted by atomic mass is 35.5. The van der Waals surface area contributed by atoms with Crippen molar-refractivity contribution in [3.05, 3.63) is 34.9 Å². The van der Waals surface area contributed by atoms with Gasteiger partial charge in [-0.1, -0.05) is 43.6 Å². The summed E-state index contributed by atoms with van der Waals surface area (Å²) in [6.07, 6.45) is 1.45. The predicted octanol–water partition coefficient (Wildman–Crippen LogP) is 2.90. The fourth-order valence-electron chi connectivity index (χ4n) is 2.62. The standard InChI is InChI=1S/C13H16ClNO/c1-3-11-13(2,8-12(16)15-11)9-6-4-5-7-10(9)14/h4-7,11H,3,8H2,1-2H3,(H,15,16). The van der Waals surface area contributed by atoms with Gasteiger partial charge in [-0.3, -0.25) is 4.79 Å². The van der Waals surface area contributed by atoms with E-state index in [9.17, 15) is 4.79 Å². The van der Waals surface area contributed by atoms with E-state index in [0.29, 0.717) is 6.42 Å². The Morgan fingerprint density at radius 1 is 1.50 bits per heavy atom. The van der Waals surface area contributed by atoms with Crippen LogP contribution in [0.2, 0.25) is 5.02 Å². The van der Waals surface area contributed by atoms with E-state index >= 15 is 0 Å². The van der Waals surface area contributed by atoms with E-state index in [4.69, 9.17) is 11.6 Å². The lowest BCUT2D eigenvalue weighted by atomic mass is 9.75. The van der Waals surface area contributed by atoms with Gasteiger partial charge in [-0.05, 0) is 18.1 Å². The van der Waals surface area contributed by atoms with Crippen LogP contribution < -0.4 is 5.32 Å². The normalized spacial score (nSPS) is 29.2. The SMILES string of the molecule is CCC1NC(=O)CC1(C)c1ccccc1Cl. The molecule has 0 bridgehead atoms. The van der Waals surface area contributed by atoms with Crippen LogP contribution in [0.3, 0.4) is 0 Å². The van der Waals surface area contributed by atoms with E-state index in [0.717, 1.165) is 17.0 Å². The highest BCUT2D eigenvalue weighted by molar-refractivity contribution is 6.31. The van der Waals surface area contributed by atoms with Gasteiger partial charge in [0, 0.05) is 22.9 Å². The van der Waals surface area contributed by atoms with Crippen LogP contribution in [0, 0.1) is 0 Å². The first-order chi connectivity index (χ1) is 7.58. The van der Waals surface area contributed by atoms with Gasteiger partial charge in [0.1, 0.15) is 0 Å². The van der Waals surface area contributed by atoms with Crippen LogP contribution in [0.1, 0.15) is 32.3 Å². The summed E-state index contributed by atoms with van der Waals surface area (Å²) in [5.74, 6) is 0.120. The molecule has 1 aliphatic rings. The largest absolute Gasteiger partial charge is 0.352 e. The number of carbonyl (C=O) groups is 1. The summed E-state index contributed by atoms with van der Waals surface area (Å²) >= 11 is 6.22. The summed E-state index contributed by atoms with van der Waals surface area (Å²) in [6.45, 7) is 4.20. The molecular formula is C13H16ClNO. The maximum atomic E-state index is 11.6. The molecule has 1 heterocycles. The highest BCUT2D eigenvalue weighted by Crippen LogP contribution is 2.40. The minimum atomic E-state index is -0.176. The number of nitrogens with one attached hydrogen (secondary N) is 1. The summed E-state index contributed by atoms with van der Waals surface area (Å²) in [5.41, 5.74) is 0.895. The molecule has 1 amide bonds. The van der Waals surface area contributed by atoms with Gasteiger partial charge < -0.3 is 5.32 Å². The maximum Gasteiger partial charge on any atom is 0.221 e. The Balaban J connectivity index is 2.45. The average molecular weight is 238 g/mol. The maximum absolute atomic E-state index is 11.6. The van der Waals surface area contributed by atoms with E-state index < -0.39 is 0 Å². The van der Waals surface area contributed by atoms with Crippen molar-refractivity contribution in [1.29, 1.82) is 0 Å². The molecule has 0 radical (unpaired) electrons. The molecule has 2 rings (SSSR count). The van der Waals surface area contributed by atoms with Gasteiger partial charge in [-0.25, -0.2) is 0 Å². The van der Waals surface area contributed by atoms with Crippen molar-refractivity contribution >= 4 is 17.5 Å². The molecule has 0 aromatic heterocycles. The average Bonchev–Trinajstić information content (AvgIpc) is 2.55. The van der Waals surface area contributed by atoms with E-state index in [1.54, 1.807) is 0 Å².